The van der Waals surface area contributed by atoms with E-state index in [1.807, 2.05) is 0 Å². The Balaban J connectivity index is 1.43. The molecule has 1 aromatic heterocycles. The van der Waals surface area contributed by atoms with Crippen molar-refractivity contribution in [1.82, 2.24) is 9.88 Å². The third kappa shape index (κ3) is 5.20. The predicted octanol–water partition coefficient (Wildman–Crippen LogP) is 1.70. The molecule has 0 bridgehead atoms. The Bertz CT molecular complexity index is 837. The van der Waals surface area contributed by atoms with Gasteiger partial charge in [0, 0.05) is 19.9 Å². The van der Waals surface area contributed by atoms with Crippen LogP contribution in [0.25, 0.3) is 0 Å². The average Bonchev–Trinajstić information content (AvgIpc) is 3.36. The van der Waals surface area contributed by atoms with Crippen LogP contribution in [-0.4, -0.2) is 48.3 Å². The maximum Gasteiger partial charge on any atom is 0.338 e. The first-order chi connectivity index (χ1) is 13.5. The van der Waals surface area contributed by atoms with Gasteiger partial charge in [-0.2, -0.15) is 0 Å². The summed E-state index contributed by atoms with van der Waals surface area (Å²) in [5, 5.41) is 2.17. The SMILES string of the molecule is Cn1cccc1C(=O)NC(=O)COC(=O)c1ccc(OCC2CCCO2)cc1. The molecule has 1 fully saturated rings. The van der Waals surface area contributed by atoms with E-state index in [2.05, 4.69) is 5.32 Å². The van der Waals surface area contributed by atoms with Crippen LogP contribution >= 0.6 is 0 Å². The number of amides is 2. The van der Waals surface area contributed by atoms with Crippen molar-refractivity contribution in [2.24, 2.45) is 7.05 Å². The van der Waals surface area contributed by atoms with Crippen LogP contribution < -0.4 is 10.1 Å². The lowest BCUT2D eigenvalue weighted by atomic mass is 10.2. The van der Waals surface area contributed by atoms with E-state index in [1.54, 1.807) is 54.2 Å². The summed E-state index contributed by atoms with van der Waals surface area (Å²) in [6.45, 7) is 0.689. The van der Waals surface area contributed by atoms with Gasteiger partial charge in [-0.3, -0.25) is 14.9 Å². The van der Waals surface area contributed by atoms with Crippen molar-refractivity contribution in [3.05, 3.63) is 53.9 Å². The molecule has 8 nitrogen and oxygen atoms in total. The molecule has 1 unspecified atom stereocenters. The molecule has 1 N–H and O–H groups in total. The van der Waals surface area contributed by atoms with Crippen molar-refractivity contribution in [2.75, 3.05) is 19.8 Å². The molecule has 8 heteroatoms. The summed E-state index contributed by atoms with van der Waals surface area (Å²) in [7, 11) is 1.69. The summed E-state index contributed by atoms with van der Waals surface area (Å²) in [6.07, 6.45) is 3.83. The highest BCUT2D eigenvalue weighted by Gasteiger charge is 2.17. The lowest BCUT2D eigenvalue weighted by Gasteiger charge is -2.11. The van der Waals surface area contributed by atoms with E-state index in [1.165, 1.54) is 0 Å². The van der Waals surface area contributed by atoms with Crippen LogP contribution in [0.1, 0.15) is 33.7 Å². The number of carbonyl (C=O) groups excluding carboxylic acids is 3. The minimum absolute atomic E-state index is 0.112. The molecule has 0 aliphatic carbocycles. The Morgan fingerprint density at radius 2 is 2.00 bits per heavy atom. The van der Waals surface area contributed by atoms with Crippen molar-refractivity contribution in [2.45, 2.75) is 18.9 Å². The Kier molecular flexibility index (Phi) is 6.44. The smallest absolute Gasteiger partial charge is 0.338 e. The largest absolute Gasteiger partial charge is 0.491 e. The second-order valence-electron chi connectivity index (χ2n) is 6.43. The molecule has 148 valence electrons. The number of esters is 1. The van der Waals surface area contributed by atoms with Gasteiger partial charge in [0.25, 0.3) is 11.8 Å². The number of imide groups is 1. The van der Waals surface area contributed by atoms with Crippen molar-refractivity contribution in [3.63, 3.8) is 0 Å². The van der Waals surface area contributed by atoms with Crippen molar-refractivity contribution < 1.29 is 28.6 Å². The number of rotatable bonds is 7. The molecule has 28 heavy (non-hydrogen) atoms. The highest BCUT2D eigenvalue weighted by atomic mass is 16.5. The van der Waals surface area contributed by atoms with Crippen LogP contribution in [0.15, 0.2) is 42.6 Å². The van der Waals surface area contributed by atoms with Crippen molar-refractivity contribution >= 4 is 17.8 Å². The second kappa shape index (κ2) is 9.18. The lowest BCUT2D eigenvalue weighted by molar-refractivity contribution is -0.123. The van der Waals surface area contributed by atoms with Gasteiger partial charge >= 0.3 is 5.97 Å². The molecule has 2 amide bonds. The number of aromatic nitrogens is 1. The van der Waals surface area contributed by atoms with E-state index in [4.69, 9.17) is 14.2 Å². The monoisotopic (exact) mass is 386 g/mol. The summed E-state index contributed by atoms with van der Waals surface area (Å²) in [5.74, 6) is -1.29. The van der Waals surface area contributed by atoms with Crippen molar-refractivity contribution in [1.29, 1.82) is 0 Å². The van der Waals surface area contributed by atoms with Gasteiger partial charge in [0.2, 0.25) is 0 Å². The van der Waals surface area contributed by atoms with Crippen LogP contribution in [0.5, 0.6) is 5.75 Å². The highest BCUT2D eigenvalue weighted by molar-refractivity contribution is 6.04. The first-order valence-electron chi connectivity index (χ1n) is 9.00. The van der Waals surface area contributed by atoms with Crippen LogP contribution in [0.2, 0.25) is 0 Å². The third-order valence-corrected chi connectivity index (χ3v) is 4.31. The molecule has 1 saturated heterocycles. The van der Waals surface area contributed by atoms with E-state index in [0.717, 1.165) is 19.4 Å². The zero-order chi connectivity index (χ0) is 19.9. The van der Waals surface area contributed by atoms with Gasteiger partial charge in [0.1, 0.15) is 18.1 Å². The zero-order valence-corrected chi connectivity index (χ0v) is 15.6. The third-order valence-electron chi connectivity index (χ3n) is 4.31. The van der Waals surface area contributed by atoms with Crippen LogP contribution in [0.3, 0.4) is 0 Å². The van der Waals surface area contributed by atoms with Crippen LogP contribution in [-0.2, 0) is 21.3 Å². The summed E-state index contributed by atoms with van der Waals surface area (Å²) in [5.41, 5.74) is 0.615. The fourth-order valence-corrected chi connectivity index (χ4v) is 2.79. The minimum atomic E-state index is -0.698. The fraction of sp³-hybridized carbons (Fsp3) is 0.350. The molecule has 0 radical (unpaired) electrons. The first kappa shape index (κ1) is 19.6. The Hall–Kier alpha value is -3.13. The maximum atomic E-state index is 12.0. The van der Waals surface area contributed by atoms with Crippen molar-refractivity contribution in [3.8, 4) is 5.75 Å². The van der Waals surface area contributed by atoms with Gasteiger partial charge in [0.05, 0.1) is 11.7 Å². The van der Waals surface area contributed by atoms with Gasteiger partial charge < -0.3 is 18.8 Å². The molecule has 2 aromatic rings. The van der Waals surface area contributed by atoms with Gasteiger partial charge in [0.15, 0.2) is 6.61 Å². The quantitative estimate of drug-likeness (QED) is 0.728. The second-order valence-corrected chi connectivity index (χ2v) is 6.43. The Morgan fingerprint density at radius 3 is 2.64 bits per heavy atom. The van der Waals surface area contributed by atoms with E-state index in [9.17, 15) is 14.4 Å². The van der Waals surface area contributed by atoms with E-state index in [0.29, 0.717) is 18.1 Å². The molecule has 1 aliphatic rings. The number of ether oxygens (including phenoxy) is 3. The minimum Gasteiger partial charge on any atom is -0.491 e. The molecule has 0 saturated carbocycles. The number of carbonyl (C=O) groups is 3. The van der Waals surface area contributed by atoms with E-state index in [-0.39, 0.29) is 11.7 Å². The van der Waals surface area contributed by atoms with Gasteiger partial charge in [-0.15, -0.1) is 0 Å². The van der Waals surface area contributed by atoms with E-state index < -0.39 is 24.4 Å². The van der Waals surface area contributed by atoms with Crippen LogP contribution in [0, 0.1) is 0 Å². The molecule has 1 aromatic carbocycles. The number of hydrogen-bond donors (Lipinski definition) is 1. The van der Waals surface area contributed by atoms with E-state index >= 15 is 0 Å². The summed E-state index contributed by atoms with van der Waals surface area (Å²) in [4.78, 5) is 35.8. The molecule has 3 rings (SSSR count). The number of benzene rings is 1. The highest BCUT2D eigenvalue weighted by Crippen LogP contribution is 2.17. The average molecular weight is 386 g/mol. The standard InChI is InChI=1S/C20H22N2O6/c1-22-10-2-5-17(22)19(24)21-18(23)13-28-20(25)14-6-8-15(9-7-14)27-12-16-4-3-11-26-16/h2,5-10,16H,3-4,11-13H2,1H3,(H,21,23,24). The Labute approximate surface area is 162 Å². The number of nitrogens with one attached hydrogen (secondary N) is 1. The van der Waals surface area contributed by atoms with Crippen LogP contribution in [0.4, 0.5) is 0 Å². The molecular formula is C20H22N2O6. The normalized spacial score (nSPS) is 15.8. The topological polar surface area (TPSA) is 95.9 Å². The predicted molar refractivity (Wildman–Crippen MR) is 99.1 cm³/mol. The summed E-state index contributed by atoms with van der Waals surface area (Å²) >= 11 is 0. The number of nitrogens with zero attached hydrogens (tertiary/aromatic N) is 1. The van der Waals surface area contributed by atoms with Gasteiger partial charge in [-0.25, -0.2) is 4.79 Å². The fourth-order valence-electron chi connectivity index (χ4n) is 2.79. The maximum absolute atomic E-state index is 12.0. The molecule has 2 heterocycles. The van der Waals surface area contributed by atoms with Gasteiger partial charge in [-0.1, -0.05) is 0 Å². The first-order valence-corrected chi connectivity index (χ1v) is 9.00. The molecule has 1 atom stereocenters. The van der Waals surface area contributed by atoms with Gasteiger partial charge in [-0.05, 0) is 49.2 Å². The lowest BCUT2D eigenvalue weighted by Crippen LogP contribution is -2.35. The molecule has 1 aliphatic heterocycles. The molecular weight excluding hydrogens is 364 g/mol. The summed E-state index contributed by atoms with van der Waals surface area (Å²) in [6, 6.07) is 9.69. The Morgan fingerprint density at radius 1 is 1.21 bits per heavy atom. The number of hydrogen-bond acceptors (Lipinski definition) is 6. The number of aryl methyl sites for hydroxylation is 1. The summed E-state index contributed by atoms with van der Waals surface area (Å²) < 4.78 is 17.6. The molecule has 0 spiro atoms. The zero-order valence-electron chi connectivity index (χ0n) is 15.6.